The Balaban J connectivity index is 1.75. The molecule has 0 saturated carbocycles. The molecule has 0 radical (unpaired) electrons. The summed E-state index contributed by atoms with van der Waals surface area (Å²) in [5, 5.41) is 2.21. The summed E-state index contributed by atoms with van der Waals surface area (Å²) in [5.74, 6) is 0.745. The van der Waals surface area contributed by atoms with Crippen LogP contribution in [0.25, 0.3) is 21.9 Å². The minimum Gasteiger partial charge on any atom is -0.490 e. The van der Waals surface area contributed by atoms with Crippen molar-refractivity contribution in [2.75, 3.05) is 40.5 Å². The number of benzene rings is 3. The maximum Gasteiger partial charge on any atom is 0.253 e. The lowest BCUT2D eigenvalue weighted by molar-refractivity contribution is -0.101. The average molecular weight is 391 g/mol. The molecule has 1 aliphatic rings. The highest BCUT2D eigenvalue weighted by molar-refractivity contribution is 6.01. The minimum atomic E-state index is -0.0790. The van der Waals surface area contributed by atoms with E-state index in [4.69, 9.17) is 14.2 Å². The molecule has 1 unspecified atom stereocenters. The number of ether oxygens (including phenoxy) is 3. The zero-order chi connectivity index (χ0) is 20.2. The number of carbonyl (C=O) groups is 1. The van der Waals surface area contributed by atoms with Gasteiger partial charge in [-0.3, -0.25) is 4.79 Å². The van der Waals surface area contributed by atoms with Gasteiger partial charge in [-0.25, -0.2) is 0 Å². The standard InChI is InChI=1S/C24H25NO4/c1-25(2)24(26)19-8-5-7-18(14-19)23-21-9-4-3-6-17(21)10-11-22(23)29-16-20-15-27-12-13-28-20/h3-11,14,20H,12-13,15-16H2,1-2H3. The minimum absolute atomic E-state index is 0.0256. The van der Waals surface area contributed by atoms with Gasteiger partial charge in [-0.05, 0) is 34.5 Å². The lowest BCUT2D eigenvalue weighted by Crippen LogP contribution is -2.33. The van der Waals surface area contributed by atoms with Gasteiger partial charge in [-0.1, -0.05) is 42.5 Å². The predicted molar refractivity (Wildman–Crippen MR) is 113 cm³/mol. The lowest BCUT2D eigenvalue weighted by Gasteiger charge is -2.24. The van der Waals surface area contributed by atoms with Crippen LogP contribution in [0.2, 0.25) is 0 Å². The fraction of sp³-hybridized carbons (Fsp3) is 0.292. The van der Waals surface area contributed by atoms with E-state index in [0.717, 1.165) is 27.6 Å². The summed E-state index contributed by atoms with van der Waals surface area (Å²) in [7, 11) is 3.52. The molecule has 1 saturated heterocycles. The average Bonchev–Trinajstić information content (AvgIpc) is 2.77. The van der Waals surface area contributed by atoms with Gasteiger partial charge in [0.1, 0.15) is 18.5 Å². The molecule has 1 fully saturated rings. The maximum atomic E-state index is 12.5. The normalized spacial score (nSPS) is 16.6. The van der Waals surface area contributed by atoms with Crippen LogP contribution >= 0.6 is 0 Å². The molecule has 3 aromatic carbocycles. The Morgan fingerprint density at radius 2 is 1.93 bits per heavy atom. The van der Waals surface area contributed by atoms with Crippen molar-refractivity contribution in [3.63, 3.8) is 0 Å². The fourth-order valence-corrected chi connectivity index (χ4v) is 3.55. The van der Waals surface area contributed by atoms with Gasteiger partial charge in [0.15, 0.2) is 0 Å². The van der Waals surface area contributed by atoms with Crippen molar-refractivity contribution < 1.29 is 19.0 Å². The number of fused-ring (bicyclic) bond motifs is 1. The number of amides is 1. The summed E-state index contributed by atoms with van der Waals surface area (Å²) in [6.07, 6.45) is -0.0790. The molecule has 0 aromatic heterocycles. The number of hydrogen-bond donors (Lipinski definition) is 0. The van der Waals surface area contributed by atoms with E-state index in [1.165, 1.54) is 0 Å². The van der Waals surface area contributed by atoms with Gasteiger partial charge < -0.3 is 19.1 Å². The highest BCUT2D eigenvalue weighted by atomic mass is 16.6. The van der Waals surface area contributed by atoms with E-state index in [1.54, 1.807) is 19.0 Å². The van der Waals surface area contributed by atoms with E-state index in [0.29, 0.717) is 32.0 Å². The first kappa shape index (κ1) is 19.4. The van der Waals surface area contributed by atoms with Gasteiger partial charge in [-0.15, -0.1) is 0 Å². The Bertz CT molecular complexity index is 1010. The van der Waals surface area contributed by atoms with Gasteiger partial charge in [0, 0.05) is 25.2 Å². The molecule has 1 heterocycles. The van der Waals surface area contributed by atoms with E-state index in [-0.39, 0.29) is 12.0 Å². The van der Waals surface area contributed by atoms with Crippen LogP contribution < -0.4 is 4.74 Å². The number of rotatable bonds is 5. The summed E-state index contributed by atoms with van der Waals surface area (Å²) in [5.41, 5.74) is 2.58. The molecule has 5 nitrogen and oxygen atoms in total. The lowest BCUT2D eigenvalue weighted by atomic mass is 9.95. The third-order valence-corrected chi connectivity index (χ3v) is 5.00. The van der Waals surface area contributed by atoms with Crippen LogP contribution in [0.5, 0.6) is 5.75 Å². The van der Waals surface area contributed by atoms with Crippen molar-refractivity contribution >= 4 is 16.7 Å². The molecule has 1 atom stereocenters. The smallest absolute Gasteiger partial charge is 0.253 e. The second-order valence-electron chi connectivity index (χ2n) is 7.32. The van der Waals surface area contributed by atoms with Crippen LogP contribution in [0, 0.1) is 0 Å². The monoisotopic (exact) mass is 391 g/mol. The topological polar surface area (TPSA) is 48.0 Å². The Kier molecular flexibility index (Phi) is 5.79. The molecule has 0 spiro atoms. The summed E-state index contributed by atoms with van der Waals surface area (Å²) >= 11 is 0. The largest absolute Gasteiger partial charge is 0.490 e. The molecule has 150 valence electrons. The van der Waals surface area contributed by atoms with Crippen molar-refractivity contribution in [2.24, 2.45) is 0 Å². The van der Waals surface area contributed by atoms with Crippen molar-refractivity contribution in [1.29, 1.82) is 0 Å². The highest BCUT2D eigenvalue weighted by Gasteiger charge is 2.18. The van der Waals surface area contributed by atoms with E-state index >= 15 is 0 Å². The van der Waals surface area contributed by atoms with Gasteiger partial charge in [0.05, 0.1) is 19.8 Å². The molecule has 1 amide bonds. The first-order valence-corrected chi connectivity index (χ1v) is 9.79. The quantitative estimate of drug-likeness (QED) is 0.660. The summed E-state index contributed by atoms with van der Waals surface area (Å²) in [4.78, 5) is 14.1. The molecule has 0 aliphatic carbocycles. The van der Waals surface area contributed by atoms with Crippen LogP contribution in [0.15, 0.2) is 60.7 Å². The number of carbonyl (C=O) groups excluding carboxylic acids is 1. The number of hydrogen-bond acceptors (Lipinski definition) is 4. The SMILES string of the molecule is CN(C)C(=O)c1cccc(-c2c(OCC3COCCO3)ccc3ccccc23)c1. The van der Waals surface area contributed by atoms with E-state index in [1.807, 2.05) is 42.5 Å². The van der Waals surface area contributed by atoms with Crippen molar-refractivity contribution in [1.82, 2.24) is 4.90 Å². The molecule has 0 bridgehead atoms. The van der Waals surface area contributed by atoms with Gasteiger partial charge in [-0.2, -0.15) is 0 Å². The van der Waals surface area contributed by atoms with Crippen LogP contribution in [-0.4, -0.2) is 57.4 Å². The molecular formula is C24H25NO4. The van der Waals surface area contributed by atoms with Crippen LogP contribution in [0.4, 0.5) is 0 Å². The van der Waals surface area contributed by atoms with Crippen molar-refractivity contribution in [2.45, 2.75) is 6.10 Å². The Morgan fingerprint density at radius 1 is 1.07 bits per heavy atom. The Hall–Kier alpha value is -2.89. The zero-order valence-electron chi connectivity index (χ0n) is 16.8. The molecule has 29 heavy (non-hydrogen) atoms. The second kappa shape index (κ2) is 8.64. The van der Waals surface area contributed by atoms with Crippen LogP contribution in [0.3, 0.4) is 0 Å². The molecule has 4 rings (SSSR count). The van der Waals surface area contributed by atoms with Gasteiger partial charge in [0.25, 0.3) is 5.91 Å². The van der Waals surface area contributed by atoms with Crippen molar-refractivity contribution in [3.05, 3.63) is 66.2 Å². The molecular weight excluding hydrogens is 366 g/mol. The third-order valence-electron chi connectivity index (χ3n) is 5.00. The summed E-state index contributed by atoms with van der Waals surface area (Å²) in [6.45, 7) is 2.18. The molecule has 5 heteroatoms. The maximum absolute atomic E-state index is 12.5. The van der Waals surface area contributed by atoms with Gasteiger partial charge >= 0.3 is 0 Å². The Morgan fingerprint density at radius 3 is 2.72 bits per heavy atom. The van der Waals surface area contributed by atoms with E-state index < -0.39 is 0 Å². The molecule has 0 N–H and O–H groups in total. The summed E-state index contributed by atoms with van der Waals surface area (Å²) < 4.78 is 17.4. The highest BCUT2D eigenvalue weighted by Crippen LogP contribution is 2.37. The number of nitrogens with zero attached hydrogens (tertiary/aromatic N) is 1. The predicted octanol–water partition coefficient (Wildman–Crippen LogP) is 4.00. The first-order chi connectivity index (χ1) is 14.1. The van der Waals surface area contributed by atoms with Gasteiger partial charge in [0.2, 0.25) is 0 Å². The third kappa shape index (κ3) is 4.26. The van der Waals surface area contributed by atoms with E-state index in [2.05, 4.69) is 18.2 Å². The van der Waals surface area contributed by atoms with Crippen LogP contribution in [0.1, 0.15) is 10.4 Å². The molecule has 1 aliphatic heterocycles. The first-order valence-electron chi connectivity index (χ1n) is 9.79. The fourth-order valence-electron chi connectivity index (χ4n) is 3.55. The van der Waals surface area contributed by atoms with Crippen LogP contribution in [-0.2, 0) is 9.47 Å². The second-order valence-corrected chi connectivity index (χ2v) is 7.32. The Labute approximate surface area is 170 Å². The molecule has 3 aromatic rings. The summed E-state index contributed by atoms with van der Waals surface area (Å²) in [6, 6.07) is 19.9. The van der Waals surface area contributed by atoms with Crippen molar-refractivity contribution in [3.8, 4) is 16.9 Å². The zero-order valence-corrected chi connectivity index (χ0v) is 16.8. The van der Waals surface area contributed by atoms with E-state index in [9.17, 15) is 4.79 Å².